The highest BCUT2D eigenvalue weighted by molar-refractivity contribution is 6.30. The maximum absolute atomic E-state index is 12.3. The summed E-state index contributed by atoms with van der Waals surface area (Å²) in [4.78, 5) is 12.3. The van der Waals surface area contributed by atoms with Crippen LogP contribution in [-0.4, -0.2) is 28.8 Å². The van der Waals surface area contributed by atoms with Gasteiger partial charge in [0, 0.05) is 16.3 Å². The van der Waals surface area contributed by atoms with Crippen LogP contribution in [0.1, 0.15) is 17.0 Å². The zero-order valence-corrected chi connectivity index (χ0v) is 16.2. The number of halogens is 1. The Morgan fingerprint density at radius 1 is 1.11 bits per heavy atom. The van der Waals surface area contributed by atoms with E-state index in [1.54, 1.807) is 24.3 Å². The van der Waals surface area contributed by atoms with E-state index in [0.29, 0.717) is 24.6 Å². The Morgan fingerprint density at radius 2 is 1.81 bits per heavy atom. The number of aromatic nitrogens is 2. The largest absolute Gasteiger partial charge is 0.492 e. The van der Waals surface area contributed by atoms with E-state index in [4.69, 9.17) is 16.3 Å². The molecule has 0 fully saturated rings. The molecule has 0 aliphatic carbocycles. The number of hydrogen-bond acceptors (Lipinski definition) is 3. The van der Waals surface area contributed by atoms with E-state index in [-0.39, 0.29) is 5.91 Å². The van der Waals surface area contributed by atoms with E-state index < -0.39 is 0 Å². The number of amides is 1. The van der Waals surface area contributed by atoms with Crippen LogP contribution in [0.25, 0.3) is 5.69 Å². The summed E-state index contributed by atoms with van der Waals surface area (Å²) in [5.41, 5.74) is 3.78. The van der Waals surface area contributed by atoms with Crippen LogP contribution in [0.3, 0.4) is 0 Å². The van der Waals surface area contributed by atoms with E-state index >= 15 is 0 Å². The van der Waals surface area contributed by atoms with Crippen molar-refractivity contribution in [1.82, 2.24) is 15.1 Å². The van der Waals surface area contributed by atoms with Crippen molar-refractivity contribution in [3.63, 3.8) is 0 Å². The third-order valence-electron chi connectivity index (χ3n) is 4.29. The highest BCUT2D eigenvalue weighted by Crippen LogP contribution is 2.18. The zero-order chi connectivity index (χ0) is 19.2. The van der Waals surface area contributed by atoms with Crippen molar-refractivity contribution in [2.45, 2.75) is 20.3 Å². The Hall–Kier alpha value is -2.79. The van der Waals surface area contributed by atoms with Crippen LogP contribution in [0, 0.1) is 13.8 Å². The normalized spacial score (nSPS) is 10.6. The standard InChI is InChI=1S/C21H22ClN3O2/c1-15-20(16(2)25(24-15)18-6-4-3-5-7-18)14-21(26)23-12-13-27-19-10-8-17(22)9-11-19/h3-11H,12-14H2,1-2H3,(H,23,26). The fourth-order valence-corrected chi connectivity index (χ4v) is 2.99. The lowest BCUT2D eigenvalue weighted by Crippen LogP contribution is -2.29. The van der Waals surface area contributed by atoms with Crippen molar-refractivity contribution in [1.29, 1.82) is 0 Å². The summed E-state index contributed by atoms with van der Waals surface area (Å²) in [5.74, 6) is 0.679. The van der Waals surface area contributed by atoms with Gasteiger partial charge in [0.05, 0.1) is 24.3 Å². The Morgan fingerprint density at radius 3 is 2.52 bits per heavy atom. The second-order valence-electron chi connectivity index (χ2n) is 6.23. The minimum Gasteiger partial charge on any atom is -0.492 e. The molecule has 0 saturated heterocycles. The smallest absolute Gasteiger partial charge is 0.224 e. The van der Waals surface area contributed by atoms with Gasteiger partial charge in [0.2, 0.25) is 5.91 Å². The predicted molar refractivity (Wildman–Crippen MR) is 107 cm³/mol. The maximum Gasteiger partial charge on any atom is 0.224 e. The molecule has 2 aromatic carbocycles. The van der Waals surface area contributed by atoms with E-state index in [1.165, 1.54) is 0 Å². The average Bonchev–Trinajstić information content (AvgIpc) is 2.95. The van der Waals surface area contributed by atoms with Crippen molar-refractivity contribution in [2.75, 3.05) is 13.2 Å². The molecular formula is C21H22ClN3O2. The van der Waals surface area contributed by atoms with Gasteiger partial charge in [-0.25, -0.2) is 4.68 Å². The molecular weight excluding hydrogens is 362 g/mol. The zero-order valence-electron chi connectivity index (χ0n) is 15.4. The quantitative estimate of drug-likeness (QED) is 0.630. The van der Waals surface area contributed by atoms with Gasteiger partial charge in [-0.15, -0.1) is 0 Å². The number of ether oxygens (including phenoxy) is 1. The molecule has 3 aromatic rings. The first-order valence-corrected chi connectivity index (χ1v) is 9.18. The van der Waals surface area contributed by atoms with E-state index in [0.717, 1.165) is 28.4 Å². The topological polar surface area (TPSA) is 56.2 Å². The molecule has 5 nitrogen and oxygen atoms in total. The highest BCUT2D eigenvalue weighted by Gasteiger charge is 2.15. The van der Waals surface area contributed by atoms with Crippen molar-refractivity contribution in [3.8, 4) is 11.4 Å². The van der Waals surface area contributed by atoms with E-state index in [2.05, 4.69) is 10.4 Å². The molecule has 3 rings (SSSR count). The third-order valence-corrected chi connectivity index (χ3v) is 4.54. The molecule has 0 radical (unpaired) electrons. The van der Waals surface area contributed by atoms with Gasteiger partial charge >= 0.3 is 0 Å². The molecule has 1 N–H and O–H groups in total. The Balaban J connectivity index is 1.53. The number of hydrogen-bond donors (Lipinski definition) is 1. The summed E-state index contributed by atoms with van der Waals surface area (Å²) in [6.45, 7) is 4.75. The summed E-state index contributed by atoms with van der Waals surface area (Å²) in [6.07, 6.45) is 0.297. The predicted octanol–water partition coefficient (Wildman–Crippen LogP) is 3.88. The van der Waals surface area contributed by atoms with E-state index in [1.807, 2.05) is 48.9 Å². The van der Waals surface area contributed by atoms with Gasteiger partial charge in [0.25, 0.3) is 0 Å². The molecule has 6 heteroatoms. The van der Waals surface area contributed by atoms with Gasteiger partial charge in [0.15, 0.2) is 0 Å². The van der Waals surface area contributed by atoms with E-state index in [9.17, 15) is 4.79 Å². The second kappa shape index (κ2) is 8.73. The van der Waals surface area contributed by atoms with Crippen LogP contribution in [0.15, 0.2) is 54.6 Å². The number of nitrogens with zero attached hydrogens (tertiary/aromatic N) is 2. The van der Waals surface area contributed by atoms with Gasteiger partial charge in [-0.3, -0.25) is 4.79 Å². The van der Waals surface area contributed by atoms with Crippen molar-refractivity contribution < 1.29 is 9.53 Å². The van der Waals surface area contributed by atoms with Gasteiger partial charge in [-0.05, 0) is 50.2 Å². The lowest BCUT2D eigenvalue weighted by Gasteiger charge is -2.08. The van der Waals surface area contributed by atoms with Crippen LogP contribution in [0.2, 0.25) is 5.02 Å². The molecule has 0 aliphatic rings. The molecule has 1 heterocycles. The number of carbonyl (C=O) groups is 1. The molecule has 0 unspecified atom stereocenters. The van der Waals surface area contributed by atoms with Crippen molar-refractivity contribution in [2.24, 2.45) is 0 Å². The summed E-state index contributed by atoms with van der Waals surface area (Å²) < 4.78 is 7.46. The molecule has 0 bridgehead atoms. The fourth-order valence-electron chi connectivity index (χ4n) is 2.86. The second-order valence-corrected chi connectivity index (χ2v) is 6.66. The Kier molecular flexibility index (Phi) is 6.14. The molecule has 1 aromatic heterocycles. The third kappa shape index (κ3) is 4.89. The van der Waals surface area contributed by atoms with Crippen LogP contribution < -0.4 is 10.1 Å². The fraction of sp³-hybridized carbons (Fsp3) is 0.238. The van der Waals surface area contributed by atoms with Gasteiger partial charge in [0.1, 0.15) is 12.4 Å². The molecule has 0 atom stereocenters. The number of para-hydroxylation sites is 1. The van der Waals surface area contributed by atoms with Crippen LogP contribution in [0.5, 0.6) is 5.75 Å². The first-order chi connectivity index (χ1) is 13.0. The first-order valence-electron chi connectivity index (χ1n) is 8.80. The first kappa shape index (κ1) is 19.0. The molecule has 0 aliphatic heterocycles. The summed E-state index contributed by atoms with van der Waals surface area (Å²) in [7, 11) is 0. The van der Waals surface area contributed by atoms with Gasteiger partial charge in [-0.2, -0.15) is 5.10 Å². The number of rotatable bonds is 7. The summed E-state index contributed by atoms with van der Waals surface area (Å²) in [5, 5.41) is 8.13. The Bertz CT molecular complexity index is 905. The lowest BCUT2D eigenvalue weighted by molar-refractivity contribution is -0.120. The minimum atomic E-state index is -0.0477. The number of benzene rings is 2. The average molecular weight is 384 g/mol. The van der Waals surface area contributed by atoms with Crippen LogP contribution in [0.4, 0.5) is 0 Å². The minimum absolute atomic E-state index is 0.0477. The van der Waals surface area contributed by atoms with Crippen molar-refractivity contribution >= 4 is 17.5 Å². The summed E-state index contributed by atoms with van der Waals surface area (Å²) in [6, 6.07) is 17.0. The highest BCUT2D eigenvalue weighted by atomic mass is 35.5. The number of nitrogens with one attached hydrogen (secondary N) is 1. The number of carbonyl (C=O) groups excluding carboxylic acids is 1. The lowest BCUT2D eigenvalue weighted by atomic mass is 10.1. The summed E-state index contributed by atoms with van der Waals surface area (Å²) >= 11 is 5.84. The molecule has 27 heavy (non-hydrogen) atoms. The van der Waals surface area contributed by atoms with Crippen LogP contribution in [-0.2, 0) is 11.2 Å². The SMILES string of the molecule is Cc1nn(-c2ccccc2)c(C)c1CC(=O)NCCOc1ccc(Cl)cc1. The van der Waals surface area contributed by atoms with Crippen LogP contribution >= 0.6 is 11.6 Å². The maximum atomic E-state index is 12.3. The molecule has 0 spiro atoms. The monoisotopic (exact) mass is 383 g/mol. The molecule has 140 valence electrons. The molecule has 0 saturated carbocycles. The Labute approximate surface area is 163 Å². The number of aryl methyl sites for hydroxylation is 1. The van der Waals surface area contributed by atoms with Gasteiger partial charge in [-0.1, -0.05) is 29.8 Å². The molecule has 1 amide bonds. The van der Waals surface area contributed by atoms with Gasteiger partial charge < -0.3 is 10.1 Å². The van der Waals surface area contributed by atoms with Crippen molar-refractivity contribution in [3.05, 3.63) is 76.6 Å².